The Hall–Kier alpha value is -1.93. The topological polar surface area (TPSA) is 82.5 Å². The number of anilines is 1. The Kier molecular flexibility index (Phi) is 6.33. The lowest BCUT2D eigenvalue weighted by molar-refractivity contribution is -0.124. The molecular weight excluding hydrogens is 308 g/mol. The van der Waals surface area contributed by atoms with Crippen molar-refractivity contribution in [1.29, 1.82) is 0 Å². The summed E-state index contributed by atoms with van der Waals surface area (Å²) in [7, 11) is 1.81. The Balaban J connectivity index is 1.71. The number of hydrogen-bond acceptors (Lipinski definition) is 5. The summed E-state index contributed by atoms with van der Waals surface area (Å²) in [6, 6.07) is 2.02. The second-order valence-electron chi connectivity index (χ2n) is 6.62. The van der Waals surface area contributed by atoms with E-state index < -0.39 is 0 Å². The van der Waals surface area contributed by atoms with Crippen LogP contribution in [-0.4, -0.2) is 76.7 Å². The van der Waals surface area contributed by atoms with Gasteiger partial charge < -0.3 is 10.6 Å². The Morgan fingerprint density at radius 3 is 2.12 bits per heavy atom. The molecule has 1 aromatic rings. The molecule has 2 rings (SSSR count). The smallest absolute Gasteiger partial charge is 0.239 e. The van der Waals surface area contributed by atoms with E-state index in [1.807, 2.05) is 33.9 Å². The van der Waals surface area contributed by atoms with Crippen molar-refractivity contribution < 1.29 is 9.59 Å². The van der Waals surface area contributed by atoms with Gasteiger partial charge in [0.2, 0.25) is 11.8 Å². The number of rotatable bonds is 6. The molecule has 0 bridgehead atoms. The van der Waals surface area contributed by atoms with Crippen molar-refractivity contribution >= 4 is 17.6 Å². The molecule has 0 saturated carbocycles. The molecule has 1 aliphatic rings. The van der Waals surface area contributed by atoms with E-state index in [-0.39, 0.29) is 17.9 Å². The predicted molar refractivity (Wildman–Crippen MR) is 92.7 cm³/mol. The molecular formula is C16H28N6O2. The van der Waals surface area contributed by atoms with Crippen LogP contribution in [0.4, 0.5) is 5.82 Å². The van der Waals surface area contributed by atoms with Gasteiger partial charge >= 0.3 is 0 Å². The van der Waals surface area contributed by atoms with E-state index in [1.165, 1.54) is 0 Å². The second-order valence-corrected chi connectivity index (χ2v) is 6.62. The number of hydrogen-bond donors (Lipinski definition) is 2. The van der Waals surface area contributed by atoms with Crippen LogP contribution in [0.1, 0.15) is 19.5 Å². The SMILES string of the molecule is Cc1cc(NC(=O)CN2CCN(CC(=O)NC(C)C)CC2)n(C)n1. The van der Waals surface area contributed by atoms with Crippen molar-refractivity contribution in [2.75, 3.05) is 44.6 Å². The molecule has 2 N–H and O–H groups in total. The lowest BCUT2D eigenvalue weighted by Gasteiger charge is -2.33. The number of aryl methyl sites for hydroxylation is 2. The molecule has 1 aliphatic heterocycles. The zero-order valence-corrected chi connectivity index (χ0v) is 15.0. The number of piperazine rings is 1. The first-order chi connectivity index (χ1) is 11.3. The van der Waals surface area contributed by atoms with Gasteiger partial charge in [-0.1, -0.05) is 0 Å². The summed E-state index contributed by atoms with van der Waals surface area (Å²) in [6.07, 6.45) is 0. The van der Waals surface area contributed by atoms with Gasteiger partial charge in [-0.3, -0.25) is 24.1 Å². The number of nitrogens with zero attached hydrogens (tertiary/aromatic N) is 4. The van der Waals surface area contributed by atoms with Crippen molar-refractivity contribution in [3.8, 4) is 0 Å². The zero-order chi connectivity index (χ0) is 17.7. The summed E-state index contributed by atoms with van der Waals surface area (Å²) in [5, 5.41) is 10.00. The Morgan fingerprint density at radius 1 is 1.12 bits per heavy atom. The molecule has 0 aliphatic carbocycles. The van der Waals surface area contributed by atoms with Crippen LogP contribution in [0, 0.1) is 6.92 Å². The quantitative estimate of drug-likeness (QED) is 0.752. The van der Waals surface area contributed by atoms with Crippen LogP contribution in [0.15, 0.2) is 6.07 Å². The highest BCUT2D eigenvalue weighted by Crippen LogP contribution is 2.08. The minimum Gasteiger partial charge on any atom is -0.353 e. The van der Waals surface area contributed by atoms with E-state index in [9.17, 15) is 9.59 Å². The number of carbonyl (C=O) groups is 2. The molecule has 24 heavy (non-hydrogen) atoms. The molecule has 1 saturated heterocycles. The monoisotopic (exact) mass is 336 g/mol. The minimum absolute atomic E-state index is 0.0380. The molecule has 0 spiro atoms. The normalized spacial score (nSPS) is 16.4. The third-order valence-corrected chi connectivity index (χ3v) is 3.92. The lowest BCUT2D eigenvalue weighted by atomic mass is 10.3. The molecule has 0 unspecified atom stereocenters. The molecule has 1 fully saturated rings. The molecule has 1 aromatic heterocycles. The number of aromatic nitrogens is 2. The predicted octanol–water partition coefficient (Wildman–Crippen LogP) is -0.191. The summed E-state index contributed by atoms with van der Waals surface area (Å²) < 4.78 is 1.67. The van der Waals surface area contributed by atoms with Gasteiger partial charge in [0.05, 0.1) is 18.8 Å². The molecule has 8 nitrogen and oxygen atoms in total. The molecule has 0 atom stereocenters. The maximum atomic E-state index is 12.2. The van der Waals surface area contributed by atoms with Crippen LogP contribution >= 0.6 is 0 Å². The van der Waals surface area contributed by atoms with Crippen LogP contribution in [0.5, 0.6) is 0 Å². The fraction of sp³-hybridized carbons (Fsp3) is 0.688. The first kappa shape index (κ1) is 18.4. The van der Waals surface area contributed by atoms with Gasteiger partial charge in [0, 0.05) is 45.3 Å². The van der Waals surface area contributed by atoms with E-state index in [0.717, 1.165) is 31.9 Å². The molecule has 2 amide bonds. The third kappa shape index (κ3) is 5.61. The average Bonchev–Trinajstić information content (AvgIpc) is 2.78. The fourth-order valence-corrected chi connectivity index (χ4v) is 2.79. The first-order valence-electron chi connectivity index (χ1n) is 8.38. The van der Waals surface area contributed by atoms with E-state index in [1.54, 1.807) is 4.68 Å². The lowest BCUT2D eigenvalue weighted by Crippen LogP contribution is -2.51. The second kappa shape index (κ2) is 8.25. The van der Waals surface area contributed by atoms with Crippen molar-refractivity contribution in [2.45, 2.75) is 26.8 Å². The Morgan fingerprint density at radius 2 is 1.67 bits per heavy atom. The summed E-state index contributed by atoms with van der Waals surface area (Å²) in [5.74, 6) is 0.730. The van der Waals surface area contributed by atoms with Crippen LogP contribution in [0.3, 0.4) is 0 Å². The third-order valence-electron chi connectivity index (χ3n) is 3.92. The van der Waals surface area contributed by atoms with E-state index in [0.29, 0.717) is 18.9 Å². The van der Waals surface area contributed by atoms with Crippen LogP contribution < -0.4 is 10.6 Å². The summed E-state index contributed by atoms with van der Waals surface area (Å²) in [4.78, 5) is 28.2. The molecule has 0 radical (unpaired) electrons. The largest absolute Gasteiger partial charge is 0.353 e. The van der Waals surface area contributed by atoms with Crippen molar-refractivity contribution in [1.82, 2.24) is 24.9 Å². The maximum Gasteiger partial charge on any atom is 0.239 e. The number of nitrogens with one attached hydrogen (secondary N) is 2. The molecule has 134 valence electrons. The van der Waals surface area contributed by atoms with Crippen LogP contribution in [0.25, 0.3) is 0 Å². The Bertz CT molecular complexity index is 575. The van der Waals surface area contributed by atoms with Crippen molar-refractivity contribution in [3.63, 3.8) is 0 Å². The van der Waals surface area contributed by atoms with Gasteiger partial charge in [-0.15, -0.1) is 0 Å². The van der Waals surface area contributed by atoms with E-state index in [2.05, 4.69) is 25.5 Å². The molecule has 2 heterocycles. The molecule has 8 heteroatoms. The van der Waals surface area contributed by atoms with Gasteiger partial charge in [-0.2, -0.15) is 5.10 Å². The summed E-state index contributed by atoms with van der Waals surface area (Å²) in [6.45, 7) is 9.75. The van der Waals surface area contributed by atoms with Gasteiger partial charge in [0.1, 0.15) is 5.82 Å². The fourth-order valence-electron chi connectivity index (χ4n) is 2.79. The highest BCUT2D eigenvalue weighted by molar-refractivity contribution is 5.91. The standard InChI is InChI=1S/C16H28N6O2/c1-12(2)17-15(23)10-21-5-7-22(8-6-21)11-16(24)18-14-9-13(3)19-20(14)4/h9,12H,5-8,10-11H2,1-4H3,(H,17,23)(H,18,24). The van der Waals surface area contributed by atoms with E-state index >= 15 is 0 Å². The highest BCUT2D eigenvalue weighted by Gasteiger charge is 2.21. The summed E-state index contributed by atoms with van der Waals surface area (Å²) >= 11 is 0. The number of amides is 2. The minimum atomic E-state index is -0.0380. The van der Waals surface area contributed by atoms with Gasteiger partial charge in [0.25, 0.3) is 0 Å². The van der Waals surface area contributed by atoms with Crippen molar-refractivity contribution in [2.24, 2.45) is 7.05 Å². The molecule has 0 aromatic carbocycles. The van der Waals surface area contributed by atoms with Crippen LogP contribution in [-0.2, 0) is 16.6 Å². The maximum absolute atomic E-state index is 12.2. The zero-order valence-electron chi connectivity index (χ0n) is 15.0. The van der Waals surface area contributed by atoms with Crippen LogP contribution in [0.2, 0.25) is 0 Å². The Labute approximate surface area is 143 Å². The first-order valence-corrected chi connectivity index (χ1v) is 8.38. The highest BCUT2D eigenvalue weighted by atomic mass is 16.2. The van der Waals surface area contributed by atoms with Gasteiger partial charge in [-0.25, -0.2) is 0 Å². The van der Waals surface area contributed by atoms with Gasteiger partial charge in [-0.05, 0) is 20.8 Å². The van der Waals surface area contributed by atoms with E-state index in [4.69, 9.17) is 0 Å². The summed E-state index contributed by atoms with van der Waals surface area (Å²) in [5.41, 5.74) is 0.876. The van der Waals surface area contributed by atoms with Crippen molar-refractivity contribution in [3.05, 3.63) is 11.8 Å². The average molecular weight is 336 g/mol. The van der Waals surface area contributed by atoms with Gasteiger partial charge in [0.15, 0.2) is 0 Å². The number of carbonyl (C=O) groups excluding carboxylic acids is 2.